The zero-order chi connectivity index (χ0) is 18.6. The van der Waals surface area contributed by atoms with Gasteiger partial charge in [-0.1, -0.05) is 12.1 Å². The van der Waals surface area contributed by atoms with Gasteiger partial charge in [0.05, 0.1) is 18.2 Å². The minimum atomic E-state index is -1.41. The zero-order valence-electron chi connectivity index (χ0n) is 14.7. The van der Waals surface area contributed by atoms with Gasteiger partial charge in [-0.05, 0) is 37.5 Å². The SMILES string of the molecule is C[C@@H]1CN2c3cc(CN)ccc3CC3(C(=O)NC(=O)NC3=O)[C@H]2[C@H](C)O1. The van der Waals surface area contributed by atoms with Crippen molar-refractivity contribution in [2.24, 2.45) is 11.1 Å². The summed E-state index contributed by atoms with van der Waals surface area (Å²) in [5.41, 5.74) is 7.23. The number of nitrogens with two attached hydrogens (primary N) is 1. The first kappa shape index (κ1) is 17.0. The highest BCUT2D eigenvalue weighted by molar-refractivity contribution is 6.20. The van der Waals surface area contributed by atoms with Crippen molar-refractivity contribution in [2.45, 2.75) is 45.1 Å². The third-order valence-electron chi connectivity index (χ3n) is 5.61. The summed E-state index contributed by atoms with van der Waals surface area (Å²) in [6, 6.07) is 4.55. The van der Waals surface area contributed by atoms with E-state index in [9.17, 15) is 14.4 Å². The summed E-state index contributed by atoms with van der Waals surface area (Å²) in [6.07, 6.45) is -0.207. The molecule has 2 saturated heterocycles. The Bertz CT molecular complexity index is 788. The van der Waals surface area contributed by atoms with Crippen molar-refractivity contribution in [1.29, 1.82) is 0 Å². The molecule has 4 rings (SSSR count). The minimum absolute atomic E-state index is 0.0536. The molecule has 0 aliphatic carbocycles. The molecule has 3 aliphatic rings. The molecule has 2 fully saturated rings. The van der Waals surface area contributed by atoms with Crippen LogP contribution in [0.3, 0.4) is 0 Å². The van der Waals surface area contributed by atoms with Crippen LogP contribution in [0.2, 0.25) is 0 Å². The van der Waals surface area contributed by atoms with Gasteiger partial charge in [0.2, 0.25) is 11.8 Å². The number of rotatable bonds is 1. The summed E-state index contributed by atoms with van der Waals surface area (Å²) >= 11 is 0. The molecule has 0 radical (unpaired) electrons. The molecule has 4 amide bonds. The van der Waals surface area contributed by atoms with Crippen LogP contribution in [0, 0.1) is 5.41 Å². The van der Waals surface area contributed by atoms with Crippen molar-refractivity contribution in [3.05, 3.63) is 29.3 Å². The quantitative estimate of drug-likeness (QED) is 0.611. The molecule has 3 atom stereocenters. The average Bonchev–Trinajstić information content (AvgIpc) is 2.58. The van der Waals surface area contributed by atoms with Crippen LogP contribution in [0.25, 0.3) is 0 Å². The molecule has 0 bridgehead atoms. The summed E-state index contributed by atoms with van der Waals surface area (Å²) in [5.74, 6) is -1.14. The fourth-order valence-corrected chi connectivity index (χ4v) is 4.59. The number of amides is 4. The molecule has 1 aromatic rings. The van der Waals surface area contributed by atoms with Gasteiger partial charge in [-0.3, -0.25) is 20.2 Å². The summed E-state index contributed by atoms with van der Waals surface area (Å²) in [7, 11) is 0. The van der Waals surface area contributed by atoms with Crippen LogP contribution in [-0.2, 0) is 27.3 Å². The molecule has 0 aromatic heterocycles. The highest BCUT2D eigenvalue weighted by Gasteiger charge is 2.62. The van der Waals surface area contributed by atoms with Crippen LogP contribution in [0.1, 0.15) is 25.0 Å². The van der Waals surface area contributed by atoms with Crippen LogP contribution < -0.4 is 21.3 Å². The Morgan fingerprint density at radius 2 is 1.92 bits per heavy atom. The van der Waals surface area contributed by atoms with Gasteiger partial charge in [0.1, 0.15) is 0 Å². The van der Waals surface area contributed by atoms with Crippen LogP contribution in [-0.4, -0.2) is 42.6 Å². The molecule has 138 valence electrons. The van der Waals surface area contributed by atoms with E-state index in [0.29, 0.717) is 13.1 Å². The largest absolute Gasteiger partial charge is 0.372 e. The number of anilines is 1. The molecular formula is C18H22N4O4. The van der Waals surface area contributed by atoms with Crippen LogP contribution in [0.15, 0.2) is 18.2 Å². The van der Waals surface area contributed by atoms with Crippen LogP contribution in [0.5, 0.6) is 0 Å². The lowest BCUT2D eigenvalue weighted by atomic mass is 9.66. The zero-order valence-corrected chi connectivity index (χ0v) is 14.7. The number of carbonyl (C=O) groups is 3. The lowest BCUT2D eigenvalue weighted by Crippen LogP contribution is -2.75. The monoisotopic (exact) mass is 358 g/mol. The van der Waals surface area contributed by atoms with Crippen LogP contribution in [0.4, 0.5) is 10.5 Å². The number of nitrogens with zero attached hydrogens (tertiary/aromatic N) is 1. The molecule has 1 spiro atoms. The van der Waals surface area contributed by atoms with Crippen molar-refractivity contribution < 1.29 is 19.1 Å². The molecule has 0 saturated carbocycles. The number of urea groups is 1. The lowest BCUT2D eigenvalue weighted by Gasteiger charge is -2.55. The number of nitrogens with one attached hydrogen (secondary N) is 2. The Hall–Kier alpha value is -2.45. The number of hydrogen-bond donors (Lipinski definition) is 3. The first-order valence-corrected chi connectivity index (χ1v) is 8.77. The van der Waals surface area contributed by atoms with Crippen LogP contribution >= 0.6 is 0 Å². The van der Waals surface area contributed by atoms with Gasteiger partial charge in [-0.2, -0.15) is 0 Å². The summed E-state index contributed by atoms with van der Waals surface area (Å²) in [6.45, 7) is 4.79. The van der Waals surface area contributed by atoms with Crippen molar-refractivity contribution in [1.82, 2.24) is 10.6 Å². The second-order valence-electron chi connectivity index (χ2n) is 7.30. The second-order valence-corrected chi connectivity index (χ2v) is 7.30. The Morgan fingerprint density at radius 1 is 1.23 bits per heavy atom. The van der Waals surface area contributed by atoms with Gasteiger partial charge in [-0.15, -0.1) is 0 Å². The van der Waals surface area contributed by atoms with Crippen molar-refractivity contribution >= 4 is 23.5 Å². The molecule has 0 unspecified atom stereocenters. The molecule has 8 heteroatoms. The minimum Gasteiger partial charge on any atom is -0.372 e. The lowest BCUT2D eigenvalue weighted by molar-refractivity contribution is -0.153. The maximum Gasteiger partial charge on any atom is 0.328 e. The Balaban J connectivity index is 1.90. The number of carbonyl (C=O) groups excluding carboxylic acids is 3. The molecule has 26 heavy (non-hydrogen) atoms. The summed E-state index contributed by atoms with van der Waals surface area (Å²) in [4.78, 5) is 39.5. The van der Waals surface area contributed by atoms with Gasteiger partial charge < -0.3 is 15.4 Å². The first-order valence-electron chi connectivity index (χ1n) is 8.77. The molecule has 8 nitrogen and oxygen atoms in total. The third kappa shape index (κ3) is 2.25. The summed E-state index contributed by atoms with van der Waals surface area (Å²) < 4.78 is 5.97. The number of hydrogen-bond acceptors (Lipinski definition) is 6. The van der Waals surface area contributed by atoms with E-state index < -0.39 is 29.3 Å². The third-order valence-corrected chi connectivity index (χ3v) is 5.61. The molecule has 3 heterocycles. The normalized spacial score (nSPS) is 29.7. The second kappa shape index (κ2) is 5.78. The molecule has 4 N–H and O–H groups in total. The van der Waals surface area contributed by atoms with E-state index in [1.54, 1.807) is 0 Å². The van der Waals surface area contributed by atoms with Crippen molar-refractivity contribution in [3.63, 3.8) is 0 Å². The van der Waals surface area contributed by atoms with E-state index in [0.717, 1.165) is 16.8 Å². The van der Waals surface area contributed by atoms with Gasteiger partial charge in [0.15, 0.2) is 5.41 Å². The standard InChI is InChI=1S/C18H22N4O4/c1-9-8-22-13-5-11(7-19)3-4-12(13)6-18(14(22)10(2)26-9)15(23)20-17(25)21-16(18)24/h3-5,9-10,14H,6-8,19H2,1-2H3,(H2,20,21,23,24,25)/t9-,10+,14-/m1/s1. The highest BCUT2D eigenvalue weighted by atomic mass is 16.5. The van der Waals surface area contributed by atoms with E-state index in [2.05, 4.69) is 15.5 Å². The van der Waals surface area contributed by atoms with Gasteiger partial charge in [-0.25, -0.2) is 4.79 Å². The molecular weight excluding hydrogens is 336 g/mol. The number of fused-ring (bicyclic) bond motifs is 4. The number of imide groups is 2. The van der Waals surface area contributed by atoms with E-state index >= 15 is 0 Å². The van der Waals surface area contributed by atoms with Crippen molar-refractivity contribution in [2.75, 3.05) is 11.4 Å². The number of barbiturate groups is 1. The predicted octanol–water partition coefficient (Wildman–Crippen LogP) is 0.0360. The van der Waals surface area contributed by atoms with Crippen molar-refractivity contribution in [3.8, 4) is 0 Å². The van der Waals surface area contributed by atoms with E-state index in [1.807, 2.05) is 32.0 Å². The number of morpholine rings is 1. The maximum atomic E-state index is 12.9. The Labute approximate surface area is 151 Å². The fraction of sp³-hybridized carbons (Fsp3) is 0.500. The van der Waals surface area contributed by atoms with Gasteiger partial charge in [0, 0.05) is 18.8 Å². The van der Waals surface area contributed by atoms with E-state index in [-0.39, 0.29) is 18.6 Å². The van der Waals surface area contributed by atoms with Gasteiger partial charge in [0.25, 0.3) is 0 Å². The number of benzene rings is 1. The predicted molar refractivity (Wildman–Crippen MR) is 93.3 cm³/mol. The maximum absolute atomic E-state index is 12.9. The highest BCUT2D eigenvalue weighted by Crippen LogP contribution is 2.46. The average molecular weight is 358 g/mol. The van der Waals surface area contributed by atoms with E-state index in [1.165, 1.54) is 0 Å². The summed E-state index contributed by atoms with van der Waals surface area (Å²) in [5, 5.41) is 4.55. The first-order chi connectivity index (χ1) is 12.4. The van der Waals surface area contributed by atoms with Gasteiger partial charge >= 0.3 is 6.03 Å². The Kier molecular flexibility index (Phi) is 3.78. The van der Waals surface area contributed by atoms with E-state index in [4.69, 9.17) is 10.5 Å². The Morgan fingerprint density at radius 3 is 2.58 bits per heavy atom. The fourth-order valence-electron chi connectivity index (χ4n) is 4.59. The molecule has 1 aromatic carbocycles. The topological polar surface area (TPSA) is 114 Å². The number of ether oxygens (including phenoxy) is 1. The smallest absolute Gasteiger partial charge is 0.328 e. The molecule has 3 aliphatic heterocycles.